The quantitative estimate of drug-likeness (QED) is 0.676. The van der Waals surface area contributed by atoms with Gasteiger partial charge in [0, 0.05) is 18.5 Å². The fraction of sp³-hybridized carbons (Fsp3) is 0.333. The summed E-state index contributed by atoms with van der Waals surface area (Å²) in [6, 6.07) is 7.51. The van der Waals surface area contributed by atoms with Gasteiger partial charge in [-0.2, -0.15) is 5.10 Å². The maximum Gasteiger partial charge on any atom is 0.272 e. The van der Waals surface area contributed by atoms with Crippen LogP contribution in [0.1, 0.15) is 23.3 Å². The Labute approximate surface area is 98.8 Å². The second-order valence-electron chi connectivity index (χ2n) is 3.80. The topological polar surface area (TPSA) is 78.0 Å². The number of aliphatic hydroxyl groups is 1. The van der Waals surface area contributed by atoms with Crippen molar-refractivity contribution in [1.82, 2.24) is 15.5 Å². The Kier molecular flexibility index (Phi) is 3.72. The summed E-state index contributed by atoms with van der Waals surface area (Å²) in [6.45, 7) is 0.710. The highest BCUT2D eigenvalue weighted by molar-refractivity contribution is 6.04. The van der Waals surface area contributed by atoms with Crippen molar-refractivity contribution in [2.75, 3.05) is 13.2 Å². The minimum Gasteiger partial charge on any atom is -0.396 e. The average Bonchev–Trinajstić information content (AvgIpc) is 2.78. The number of aromatic amines is 1. The molecular weight excluding hydrogens is 218 g/mol. The molecule has 0 unspecified atom stereocenters. The number of nitrogens with zero attached hydrogens (tertiary/aromatic N) is 1. The minimum atomic E-state index is -0.180. The Morgan fingerprint density at radius 1 is 1.35 bits per heavy atom. The molecule has 0 radical (unpaired) electrons. The van der Waals surface area contributed by atoms with Crippen LogP contribution in [0.25, 0.3) is 10.9 Å². The molecule has 0 fully saturated rings. The lowest BCUT2D eigenvalue weighted by Crippen LogP contribution is -2.25. The Bertz CT molecular complexity index is 507. The summed E-state index contributed by atoms with van der Waals surface area (Å²) < 4.78 is 0. The first kappa shape index (κ1) is 11.6. The van der Waals surface area contributed by atoms with Gasteiger partial charge in [-0.3, -0.25) is 9.89 Å². The number of carbonyl (C=O) groups excluding carboxylic acids is 1. The van der Waals surface area contributed by atoms with Gasteiger partial charge in [-0.05, 0) is 18.9 Å². The molecule has 0 aliphatic rings. The van der Waals surface area contributed by atoms with E-state index in [1.807, 2.05) is 24.3 Å². The average molecular weight is 233 g/mol. The van der Waals surface area contributed by atoms with Crippen molar-refractivity contribution in [1.29, 1.82) is 0 Å². The smallest absolute Gasteiger partial charge is 0.272 e. The van der Waals surface area contributed by atoms with Gasteiger partial charge >= 0.3 is 0 Å². The molecule has 1 aromatic carbocycles. The Balaban J connectivity index is 2.04. The van der Waals surface area contributed by atoms with E-state index >= 15 is 0 Å². The van der Waals surface area contributed by atoms with Gasteiger partial charge in [-0.1, -0.05) is 18.2 Å². The first-order valence-electron chi connectivity index (χ1n) is 5.65. The van der Waals surface area contributed by atoms with E-state index in [-0.39, 0.29) is 12.5 Å². The largest absolute Gasteiger partial charge is 0.396 e. The standard InChI is InChI=1S/C12H15N3O2/c16-8-4-3-7-13-12(17)11-9-5-1-2-6-10(9)14-15-11/h1-2,5-6,16H,3-4,7-8H2,(H,13,17)(H,14,15). The number of H-pyrrole nitrogens is 1. The van der Waals surface area contributed by atoms with Crippen LogP contribution in [0.5, 0.6) is 0 Å². The number of hydrogen-bond acceptors (Lipinski definition) is 3. The molecule has 0 aliphatic carbocycles. The van der Waals surface area contributed by atoms with Crippen LogP contribution in [0, 0.1) is 0 Å². The van der Waals surface area contributed by atoms with E-state index in [1.54, 1.807) is 0 Å². The van der Waals surface area contributed by atoms with Crippen LogP contribution in [0.2, 0.25) is 0 Å². The zero-order valence-corrected chi connectivity index (χ0v) is 9.44. The van der Waals surface area contributed by atoms with Gasteiger partial charge < -0.3 is 10.4 Å². The third kappa shape index (κ3) is 2.62. The molecule has 2 aromatic rings. The molecular formula is C12H15N3O2. The van der Waals surface area contributed by atoms with Gasteiger partial charge in [0.05, 0.1) is 5.52 Å². The van der Waals surface area contributed by atoms with Gasteiger partial charge in [0.1, 0.15) is 0 Å². The summed E-state index contributed by atoms with van der Waals surface area (Å²) in [6.07, 6.45) is 1.46. The molecule has 1 aromatic heterocycles. The number of aliphatic hydroxyl groups excluding tert-OH is 1. The van der Waals surface area contributed by atoms with Crippen molar-refractivity contribution < 1.29 is 9.90 Å². The first-order valence-corrected chi connectivity index (χ1v) is 5.65. The SMILES string of the molecule is O=C(NCCCCO)c1n[nH]c2ccccc12. The van der Waals surface area contributed by atoms with E-state index in [2.05, 4.69) is 15.5 Å². The number of carbonyl (C=O) groups is 1. The molecule has 0 aliphatic heterocycles. The summed E-state index contributed by atoms with van der Waals surface area (Å²) in [7, 11) is 0. The molecule has 17 heavy (non-hydrogen) atoms. The summed E-state index contributed by atoms with van der Waals surface area (Å²) in [5.41, 5.74) is 1.28. The molecule has 5 nitrogen and oxygen atoms in total. The van der Waals surface area contributed by atoms with Gasteiger partial charge in [-0.25, -0.2) is 0 Å². The third-order valence-electron chi connectivity index (χ3n) is 2.56. The van der Waals surface area contributed by atoms with Crippen molar-refractivity contribution in [3.05, 3.63) is 30.0 Å². The van der Waals surface area contributed by atoms with Gasteiger partial charge in [0.2, 0.25) is 0 Å². The highest BCUT2D eigenvalue weighted by Gasteiger charge is 2.12. The molecule has 90 valence electrons. The van der Waals surface area contributed by atoms with Crippen LogP contribution in [-0.2, 0) is 0 Å². The molecule has 0 spiro atoms. The van der Waals surface area contributed by atoms with Crippen LogP contribution >= 0.6 is 0 Å². The van der Waals surface area contributed by atoms with Gasteiger partial charge in [0.25, 0.3) is 5.91 Å². The summed E-state index contributed by atoms with van der Waals surface area (Å²) in [4.78, 5) is 11.8. The fourth-order valence-corrected chi connectivity index (χ4v) is 1.66. The number of amides is 1. The zero-order chi connectivity index (χ0) is 12.1. The maximum atomic E-state index is 11.8. The van der Waals surface area contributed by atoms with Crippen LogP contribution in [-0.4, -0.2) is 34.4 Å². The number of rotatable bonds is 5. The van der Waals surface area contributed by atoms with E-state index in [9.17, 15) is 4.79 Å². The van der Waals surface area contributed by atoms with E-state index in [0.29, 0.717) is 18.7 Å². The lowest BCUT2D eigenvalue weighted by atomic mass is 10.2. The molecule has 3 N–H and O–H groups in total. The van der Waals surface area contributed by atoms with Crippen molar-refractivity contribution in [2.24, 2.45) is 0 Å². The molecule has 0 saturated carbocycles. The van der Waals surface area contributed by atoms with Crippen molar-refractivity contribution in [2.45, 2.75) is 12.8 Å². The monoisotopic (exact) mass is 233 g/mol. The van der Waals surface area contributed by atoms with E-state index in [4.69, 9.17) is 5.11 Å². The fourth-order valence-electron chi connectivity index (χ4n) is 1.66. The Morgan fingerprint density at radius 2 is 2.18 bits per heavy atom. The highest BCUT2D eigenvalue weighted by atomic mass is 16.2. The second-order valence-corrected chi connectivity index (χ2v) is 3.80. The number of benzene rings is 1. The van der Waals surface area contributed by atoms with Gasteiger partial charge in [-0.15, -0.1) is 0 Å². The number of para-hydroxylation sites is 1. The molecule has 0 bridgehead atoms. The minimum absolute atomic E-state index is 0.154. The van der Waals surface area contributed by atoms with Crippen LogP contribution in [0.4, 0.5) is 0 Å². The summed E-state index contributed by atoms with van der Waals surface area (Å²) in [5, 5.41) is 19.1. The molecule has 0 atom stereocenters. The third-order valence-corrected chi connectivity index (χ3v) is 2.56. The van der Waals surface area contributed by atoms with E-state index in [0.717, 1.165) is 17.3 Å². The lowest BCUT2D eigenvalue weighted by Gasteiger charge is -2.02. The molecule has 5 heteroatoms. The summed E-state index contributed by atoms with van der Waals surface area (Å²) in [5.74, 6) is -0.180. The predicted molar refractivity (Wildman–Crippen MR) is 64.7 cm³/mol. The van der Waals surface area contributed by atoms with E-state index in [1.165, 1.54) is 0 Å². The Hall–Kier alpha value is -1.88. The number of aromatic nitrogens is 2. The molecule has 1 amide bonds. The van der Waals surface area contributed by atoms with Crippen LogP contribution < -0.4 is 5.32 Å². The lowest BCUT2D eigenvalue weighted by molar-refractivity contribution is 0.0948. The number of nitrogens with one attached hydrogen (secondary N) is 2. The van der Waals surface area contributed by atoms with Crippen LogP contribution in [0.3, 0.4) is 0 Å². The Morgan fingerprint density at radius 3 is 3.00 bits per heavy atom. The highest BCUT2D eigenvalue weighted by Crippen LogP contribution is 2.14. The molecule has 0 saturated heterocycles. The molecule has 1 heterocycles. The van der Waals surface area contributed by atoms with Crippen molar-refractivity contribution in [3.63, 3.8) is 0 Å². The zero-order valence-electron chi connectivity index (χ0n) is 9.44. The number of fused-ring (bicyclic) bond motifs is 1. The van der Waals surface area contributed by atoms with Crippen molar-refractivity contribution >= 4 is 16.8 Å². The second kappa shape index (κ2) is 5.45. The predicted octanol–water partition coefficient (Wildman–Crippen LogP) is 1.07. The number of unbranched alkanes of at least 4 members (excludes halogenated alkanes) is 1. The molecule has 2 rings (SSSR count). The normalized spacial score (nSPS) is 10.6. The van der Waals surface area contributed by atoms with Crippen LogP contribution in [0.15, 0.2) is 24.3 Å². The van der Waals surface area contributed by atoms with Gasteiger partial charge in [0.15, 0.2) is 5.69 Å². The summed E-state index contributed by atoms with van der Waals surface area (Å²) >= 11 is 0. The van der Waals surface area contributed by atoms with E-state index < -0.39 is 0 Å². The van der Waals surface area contributed by atoms with Crippen molar-refractivity contribution in [3.8, 4) is 0 Å². The first-order chi connectivity index (χ1) is 8.33. The maximum absolute atomic E-state index is 11.8. The number of hydrogen-bond donors (Lipinski definition) is 3.